The molecule has 6 heteroatoms. The van der Waals surface area contributed by atoms with Crippen molar-refractivity contribution in [2.45, 2.75) is 4.90 Å². The maximum atomic E-state index is 10.3. The van der Waals surface area contributed by atoms with Crippen LogP contribution in [0.15, 0.2) is 58.0 Å². The van der Waals surface area contributed by atoms with Crippen LogP contribution in [0.25, 0.3) is 22.4 Å². The molecule has 0 amide bonds. The quantitative estimate of drug-likeness (QED) is 0.562. The number of nitrogens with zero attached hydrogens (tertiary/aromatic N) is 3. The van der Waals surface area contributed by atoms with Crippen LogP contribution in [0.1, 0.15) is 0 Å². The monoisotopic (exact) mass is 287 g/mol. The van der Waals surface area contributed by atoms with Crippen molar-refractivity contribution in [3.8, 4) is 11.4 Å². The zero-order valence-corrected chi connectivity index (χ0v) is 11.6. The Hall–Kier alpha value is -2.18. The first-order valence-corrected chi connectivity index (χ1v) is 7.58. The number of rotatable bonds is 2. The van der Waals surface area contributed by atoms with Gasteiger partial charge in [-0.2, -0.15) is 4.73 Å². The molecule has 0 radical (unpaired) electrons. The van der Waals surface area contributed by atoms with Crippen LogP contribution in [0.4, 0.5) is 0 Å². The highest BCUT2D eigenvalue weighted by molar-refractivity contribution is 7.86. The van der Waals surface area contributed by atoms with Gasteiger partial charge >= 0.3 is 0 Å². The summed E-state index contributed by atoms with van der Waals surface area (Å²) in [6.45, 7) is 0. The molecule has 1 atom stereocenters. The Morgan fingerprint density at radius 2 is 1.90 bits per heavy atom. The molecular weight excluding hydrogens is 274 g/mol. The molecule has 20 heavy (non-hydrogen) atoms. The topological polar surface area (TPSA) is 70.6 Å². The zero-order chi connectivity index (χ0) is 14.1. The number of benzene rings is 2. The van der Waals surface area contributed by atoms with E-state index in [1.54, 1.807) is 12.3 Å². The third kappa shape index (κ3) is 2.09. The molecule has 102 valence electrons. The van der Waals surface area contributed by atoms with Gasteiger partial charge < -0.3 is 5.21 Å². The van der Waals surface area contributed by atoms with Crippen LogP contribution < -0.4 is 0 Å². The summed E-state index contributed by atoms with van der Waals surface area (Å²) in [4.78, 5) is 5.27. The van der Waals surface area contributed by atoms with Crippen molar-refractivity contribution in [3.63, 3.8) is 0 Å². The maximum absolute atomic E-state index is 10.3. The first-order valence-electron chi connectivity index (χ1n) is 5.99. The van der Waals surface area contributed by atoms with Crippen LogP contribution in [0.5, 0.6) is 0 Å². The van der Waals surface area contributed by atoms with E-state index in [9.17, 15) is 5.21 Å². The molecule has 1 aromatic heterocycles. The van der Waals surface area contributed by atoms with Gasteiger partial charge in [-0.1, -0.05) is 30.3 Å². The lowest BCUT2D eigenvalue weighted by Crippen LogP contribution is -1.94. The van der Waals surface area contributed by atoms with Crippen LogP contribution in [-0.2, 0) is 10.7 Å². The summed E-state index contributed by atoms with van der Waals surface area (Å²) in [6.07, 6.45) is 1.80. The van der Waals surface area contributed by atoms with Gasteiger partial charge in [0.25, 0.3) is 0 Å². The van der Waals surface area contributed by atoms with Crippen LogP contribution in [-0.4, -0.2) is 26.4 Å². The van der Waals surface area contributed by atoms with E-state index >= 15 is 0 Å². The van der Waals surface area contributed by atoms with E-state index in [0.717, 1.165) is 15.2 Å². The Bertz CT molecular complexity index is 797. The molecule has 1 unspecified atom stereocenters. The highest BCUT2D eigenvalue weighted by Gasteiger charge is 2.12. The Labute approximate surface area is 118 Å². The minimum atomic E-state index is -0.612. The fourth-order valence-corrected chi connectivity index (χ4v) is 2.69. The van der Waals surface area contributed by atoms with Crippen molar-refractivity contribution in [2.24, 2.45) is 4.53 Å². The minimum Gasteiger partial charge on any atom is -0.426 e. The van der Waals surface area contributed by atoms with Gasteiger partial charge in [-0.05, 0) is 35.1 Å². The van der Waals surface area contributed by atoms with E-state index in [-0.39, 0.29) is 0 Å². The molecule has 0 saturated carbocycles. The molecule has 3 aromatic rings. The Kier molecular flexibility index (Phi) is 3.25. The average Bonchev–Trinajstić information content (AvgIpc) is 2.84. The summed E-state index contributed by atoms with van der Waals surface area (Å²) < 4.78 is 4.35. The molecule has 5 nitrogen and oxygen atoms in total. The second-order valence-corrected chi connectivity index (χ2v) is 5.91. The minimum absolute atomic E-state index is 0.495. The Balaban J connectivity index is 2.21. The third-order valence-electron chi connectivity index (χ3n) is 3.10. The normalized spacial score (nSPS) is 12.9. The SMILES string of the molecule is CS(=NO)c1ccc2nc(-c3ccccc3)n(O)c2c1. The zero-order valence-electron chi connectivity index (χ0n) is 10.8. The van der Waals surface area contributed by atoms with E-state index in [1.807, 2.05) is 42.5 Å². The van der Waals surface area contributed by atoms with Crippen LogP contribution in [0.3, 0.4) is 0 Å². The van der Waals surface area contributed by atoms with Crippen LogP contribution in [0, 0.1) is 0 Å². The Morgan fingerprint density at radius 3 is 2.60 bits per heavy atom. The summed E-state index contributed by atoms with van der Waals surface area (Å²) >= 11 is 0. The highest BCUT2D eigenvalue weighted by atomic mass is 32.2. The smallest absolute Gasteiger partial charge is 0.176 e. The van der Waals surface area contributed by atoms with Crippen molar-refractivity contribution in [2.75, 3.05) is 6.26 Å². The number of hydrogen-bond donors (Lipinski definition) is 2. The highest BCUT2D eigenvalue weighted by Crippen LogP contribution is 2.24. The lowest BCUT2D eigenvalue weighted by Gasteiger charge is -2.02. The van der Waals surface area contributed by atoms with Crippen molar-refractivity contribution in [3.05, 3.63) is 48.5 Å². The number of imidazole rings is 1. The van der Waals surface area contributed by atoms with Gasteiger partial charge in [0, 0.05) is 10.5 Å². The number of fused-ring (bicyclic) bond motifs is 1. The third-order valence-corrected chi connectivity index (χ3v) is 4.28. The van der Waals surface area contributed by atoms with E-state index in [4.69, 9.17) is 5.21 Å². The van der Waals surface area contributed by atoms with Crippen LogP contribution >= 0.6 is 0 Å². The first kappa shape index (κ1) is 12.8. The molecule has 0 saturated heterocycles. The molecule has 2 N–H and O–H groups in total. The molecule has 0 fully saturated rings. The van der Waals surface area contributed by atoms with E-state index in [1.165, 1.54) is 0 Å². The number of hydrogen-bond acceptors (Lipinski definition) is 3. The lowest BCUT2D eigenvalue weighted by molar-refractivity contribution is 0.203. The summed E-state index contributed by atoms with van der Waals surface area (Å²) in [6, 6.07) is 15.0. The molecule has 1 heterocycles. The first-order chi connectivity index (χ1) is 9.70. The fourth-order valence-electron chi connectivity index (χ4n) is 2.05. The molecule has 2 aromatic carbocycles. The van der Waals surface area contributed by atoms with Crippen LogP contribution in [0.2, 0.25) is 0 Å². The predicted molar refractivity (Wildman–Crippen MR) is 78.1 cm³/mol. The summed E-state index contributed by atoms with van der Waals surface area (Å²) in [5, 5.41) is 19.2. The maximum Gasteiger partial charge on any atom is 0.176 e. The van der Waals surface area contributed by atoms with Gasteiger partial charge in [0.2, 0.25) is 0 Å². The van der Waals surface area contributed by atoms with E-state index < -0.39 is 10.7 Å². The second kappa shape index (κ2) is 5.07. The fraction of sp³-hybridized carbons (Fsp3) is 0.0714. The molecule has 3 rings (SSSR count). The largest absolute Gasteiger partial charge is 0.426 e. The molecular formula is C14H13N3O2S. The summed E-state index contributed by atoms with van der Waals surface area (Å²) in [7, 11) is -0.612. The molecule has 0 aliphatic carbocycles. The van der Waals surface area contributed by atoms with Gasteiger partial charge in [-0.25, -0.2) is 4.98 Å². The van der Waals surface area contributed by atoms with Crippen molar-refractivity contribution in [1.29, 1.82) is 0 Å². The average molecular weight is 287 g/mol. The number of aromatic nitrogens is 2. The molecule has 0 aliphatic rings. The Morgan fingerprint density at radius 1 is 1.15 bits per heavy atom. The second-order valence-electron chi connectivity index (χ2n) is 4.32. The van der Waals surface area contributed by atoms with Gasteiger partial charge in [-0.3, -0.25) is 5.21 Å². The lowest BCUT2D eigenvalue weighted by atomic mass is 10.2. The summed E-state index contributed by atoms with van der Waals surface area (Å²) in [5.74, 6) is 0.495. The summed E-state index contributed by atoms with van der Waals surface area (Å²) in [5.41, 5.74) is 2.14. The van der Waals surface area contributed by atoms with E-state index in [2.05, 4.69) is 9.51 Å². The van der Waals surface area contributed by atoms with Crippen molar-refractivity contribution >= 4 is 21.7 Å². The molecule has 0 spiro atoms. The van der Waals surface area contributed by atoms with Gasteiger partial charge in [0.1, 0.15) is 5.52 Å². The van der Waals surface area contributed by atoms with Crippen molar-refractivity contribution in [1.82, 2.24) is 9.71 Å². The van der Waals surface area contributed by atoms with Gasteiger partial charge in [0.15, 0.2) is 5.82 Å². The van der Waals surface area contributed by atoms with E-state index in [0.29, 0.717) is 16.9 Å². The molecule has 0 bridgehead atoms. The van der Waals surface area contributed by atoms with Gasteiger partial charge in [-0.15, -0.1) is 4.53 Å². The van der Waals surface area contributed by atoms with Crippen molar-refractivity contribution < 1.29 is 10.4 Å². The standard InChI is InChI=1S/C14H13N3O2S/c1-20(16-18)11-7-8-12-13(9-11)17(19)14(15-12)10-5-3-2-4-6-10/h2-9,18-19H,1H3. The molecule has 0 aliphatic heterocycles. The predicted octanol–water partition coefficient (Wildman–Crippen LogP) is 3.12. The van der Waals surface area contributed by atoms with Gasteiger partial charge in [0.05, 0.1) is 5.52 Å².